The fourth-order valence-corrected chi connectivity index (χ4v) is 1.75. The van der Waals surface area contributed by atoms with E-state index in [9.17, 15) is 9.90 Å². The van der Waals surface area contributed by atoms with Crippen LogP contribution < -0.4 is 0 Å². The number of carbonyl (C=O) groups excluding carboxylic acids is 1. The number of hydrogen-bond acceptors (Lipinski definition) is 3. The molecule has 0 aromatic heterocycles. The number of Topliss-reactive ketones (excluding diaryl/α,β-unsaturated/α-hetero) is 1. The van der Waals surface area contributed by atoms with Crippen LogP contribution in [0.5, 0.6) is 5.75 Å². The van der Waals surface area contributed by atoms with Gasteiger partial charge in [-0.25, -0.2) is 0 Å². The molecule has 4 heteroatoms. The number of benzene rings is 1. The topological polar surface area (TPSA) is 40.5 Å². The molecule has 0 spiro atoms. The van der Waals surface area contributed by atoms with E-state index in [1.807, 2.05) is 14.1 Å². The molecule has 0 aliphatic rings. The van der Waals surface area contributed by atoms with E-state index >= 15 is 0 Å². The summed E-state index contributed by atoms with van der Waals surface area (Å²) in [5, 5.41) is 10.0. The van der Waals surface area contributed by atoms with Crippen LogP contribution in [0.15, 0.2) is 18.2 Å². The minimum Gasteiger partial charge on any atom is -0.507 e. The predicted octanol–water partition coefficient (Wildman–Crippen LogP) is 2.96. The summed E-state index contributed by atoms with van der Waals surface area (Å²) in [5.74, 6) is -0.0456. The van der Waals surface area contributed by atoms with Gasteiger partial charge in [0.15, 0.2) is 5.78 Å². The van der Waals surface area contributed by atoms with Gasteiger partial charge in [-0.05, 0) is 51.7 Å². The SMILES string of the molecule is CN(C)CCCCC(=O)c1cc(Cl)ccc1O. The average molecular weight is 256 g/mol. The number of halogens is 1. The van der Waals surface area contributed by atoms with Gasteiger partial charge in [-0.15, -0.1) is 0 Å². The van der Waals surface area contributed by atoms with Crippen LogP contribution in [-0.4, -0.2) is 36.4 Å². The molecule has 0 fully saturated rings. The number of ketones is 1. The van der Waals surface area contributed by atoms with Crippen molar-refractivity contribution in [3.63, 3.8) is 0 Å². The Morgan fingerprint density at radius 1 is 1.35 bits per heavy atom. The molecule has 17 heavy (non-hydrogen) atoms. The number of rotatable bonds is 6. The van der Waals surface area contributed by atoms with Gasteiger partial charge in [0.2, 0.25) is 0 Å². The second-order valence-corrected chi connectivity index (χ2v) is 4.78. The summed E-state index contributed by atoms with van der Waals surface area (Å²) < 4.78 is 0. The van der Waals surface area contributed by atoms with Crippen molar-refractivity contribution in [3.8, 4) is 5.75 Å². The molecule has 0 saturated carbocycles. The van der Waals surface area contributed by atoms with Crippen LogP contribution in [-0.2, 0) is 0 Å². The van der Waals surface area contributed by atoms with Gasteiger partial charge in [0.25, 0.3) is 0 Å². The maximum Gasteiger partial charge on any atom is 0.166 e. The monoisotopic (exact) mass is 255 g/mol. The second-order valence-electron chi connectivity index (χ2n) is 4.35. The Balaban J connectivity index is 2.49. The van der Waals surface area contributed by atoms with Gasteiger partial charge in [-0.1, -0.05) is 11.6 Å². The van der Waals surface area contributed by atoms with Crippen LogP contribution >= 0.6 is 11.6 Å². The third-order valence-corrected chi connectivity index (χ3v) is 2.75. The Morgan fingerprint density at radius 2 is 2.06 bits per heavy atom. The molecular formula is C13H18ClNO2. The fourth-order valence-electron chi connectivity index (χ4n) is 1.58. The zero-order chi connectivity index (χ0) is 12.8. The summed E-state index contributed by atoms with van der Waals surface area (Å²) in [6.45, 7) is 0.967. The maximum atomic E-state index is 11.8. The van der Waals surface area contributed by atoms with Crippen molar-refractivity contribution in [1.29, 1.82) is 0 Å². The van der Waals surface area contributed by atoms with Crippen LogP contribution in [0.1, 0.15) is 29.6 Å². The van der Waals surface area contributed by atoms with E-state index in [1.54, 1.807) is 6.07 Å². The van der Waals surface area contributed by atoms with Gasteiger partial charge in [0, 0.05) is 11.4 Å². The van der Waals surface area contributed by atoms with E-state index in [-0.39, 0.29) is 11.5 Å². The molecule has 0 heterocycles. The van der Waals surface area contributed by atoms with Crippen LogP contribution in [0.25, 0.3) is 0 Å². The first kappa shape index (κ1) is 14.0. The predicted molar refractivity (Wildman–Crippen MR) is 69.9 cm³/mol. The van der Waals surface area contributed by atoms with Crippen LogP contribution in [0.3, 0.4) is 0 Å². The van der Waals surface area contributed by atoms with Crippen molar-refractivity contribution in [1.82, 2.24) is 4.90 Å². The number of carbonyl (C=O) groups is 1. The van der Waals surface area contributed by atoms with Crippen LogP contribution in [0.4, 0.5) is 0 Å². The van der Waals surface area contributed by atoms with Gasteiger partial charge in [0.05, 0.1) is 5.56 Å². The quantitative estimate of drug-likeness (QED) is 0.628. The molecule has 0 bridgehead atoms. The Kier molecular flexibility index (Phi) is 5.45. The average Bonchev–Trinajstić information content (AvgIpc) is 2.27. The highest BCUT2D eigenvalue weighted by Crippen LogP contribution is 2.23. The Morgan fingerprint density at radius 3 is 2.71 bits per heavy atom. The van der Waals surface area contributed by atoms with E-state index in [1.165, 1.54) is 12.1 Å². The van der Waals surface area contributed by atoms with Gasteiger partial charge in [-0.3, -0.25) is 4.79 Å². The summed E-state index contributed by atoms with van der Waals surface area (Å²) in [7, 11) is 4.01. The first-order chi connectivity index (χ1) is 8.00. The molecule has 1 rings (SSSR count). The molecule has 94 valence electrons. The first-order valence-corrected chi connectivity index (χ1v) is 6.05. The molecular weight excluding hydrogens is 238 g/mol. The highest BCUT2D eigenvalue weighted by molar-refractivity contribution is 6.31. The van der Waals surface area contributed by atoms with Crippen molar-refractivity contribution in [3.05, 3.63) is 28.8 Å². The third kappa shape index (κ3) is 4.75. The van der Waals surface area contributed by atoms with E-state index in [0.717, 1.165) is 19.4 Å². The number of nitrogens with zero attached hydrogens (tertiary/aromatic N) is 1. The summed E-state index contributed by atoms with van der Waals surface area (Å²) in [5.41, 5.74) is 0.322. The number of phenolic OH excluding ortho intramolecular Hbond substituents is 1. The zero-order valence-corrected chi connectivity index (χ0v) is 11.0. The van der Waals surface area contributed by atoms with Crippen molar-refractivity contribution in [2.45, 2.75) is 19.3 Å². The molecule has 0 aliphatic carbocycles. The van der Waals surface area contributed by atoms with E-state index in [4.69, 9.17) is 11.6 Å². The molecule has 0 atom stereocenters. The first-order valence-electron chi connectivity index (χ1n) is 5.67. The van der Waals surface area contributed by atoms with Crippen molar-refractivity contribution >= 4 is 17.4 Å². The number of phenols is 1. The smallest absolute Gasteiger partial charge is 0.166 e. The third-order valence-electron chi connectivity index (χ3n) is 2.52. The van der Waals surface area contributed by atoms with E-state index < -0.39 is 0 Å². The molecule has 1 aromatic carbocycles. The number of hydrogen-bond donors (Lipinski definition) is 1. The summed E-state index contributed by atoms with van der Waals surface area (Å²) >= 11 is 5.79. The number of unbranched alkanes of at least 4 members (excludes halogenated alkanes) is 1. The van der Waals surface area contributed by atoms with Crippen LogP contribution in [0, 0.1) is 0 Å². The van der Waals surface area contributed by atoms with Crippen molar-refractivity contribution in [2.75, 3.05) is 20.6 Å². The summed E-state index contributed by atoms with van der Waals surface area (Å²) in [6.07, 6.45) is 2.24. The van der Waals surface area contributed by atoms with Gasteiger partial charge in [-0.2, -0.15) is 0 Å². The Labute approximate surface area is 107 Å². The molecule has 0 radical (unpaired) electrons. The van der Waals surface area contributed by atoms with Crippen molar-refractivity contribution < 1.29 is 9.90 Å². The van der Waals surface area contributed by atoms with Gasteiger partial charge >= 0.3 is 0 Å². The lowest BCUT2D eigenvalue weighted by Crippen LogP contribution is -2.13. The lowest BCUT2D eigenvalue weighted by Gasteiger charge is -2.08. The minimum atomic E-state index is -0.0521. The fraction of sp³-hybridized carbons (Fsp3) is 0.462. The molecule has 0 amide bonds. The van der Waals surface area contributed by atoms with Gasteiger partial charge in [0.1, 0.15) is 5.75 Å². The molecule has 1 aromatic rings. The summed E-state index contributed by atoms with van der Waals surface area (Å²) in [4.78, 5) is 13.9. The van der Waals surface area contributed by atoms with E-state index in [2.05, 4.69) is 4.90 Å². The molecule has 3 nitrogen and oxygen atoms in total. The highest BCUT2D eigenvalue weighted by Gasteiger charge is 2.11. The maximum absolute atomic E-state index is 11.8. The molecule has 0 saturated heterocycles. The normalized spacial score (nSPS) is 10.8. The summed E-state index contributed by atoms with van der Waals surface area (Å²) in [6, 6.07) is 4.54. The standard InChI is InChI=1S/C13H18ClNO2/c1-15(2)8-4-3-5-12(16)11-9-10(14)6-7-13(11)17/h6-7,9,17H,3-5,8H2,1-2H3. The van der Waals surface area contributed by atoms with Gasteiger partial charge < -0.3 is 10.0 Å². The Bertz CT molecular complexity index is 391. The Hall–Kier alpha value is -1.06. The minimum absolute atomic E-state index is 0.00649. The highest BCUT2D eigenvalue weighted by atomic mass is 35.5. The van der Waals surface area contributed by atoms with Crippen molar-refractivity contribution in [2.24, 2.45) is 0 Å². The molecule has 0 unspecified atom stereocenters. The molecule has 0 aliphatic heterocycles. The lowest BCUT2D eigenvalue weighted by molar-refractivity contribution is 0.0976. The van der Waals surface area contributed by atoms with E-state index in [0.29, 0.717) is 17.0 Å². The largest absolute Gasteiger partial charge is 0.507 e. The number of aromatic hydroxyl groups is 1. The second kappa shape index (κ2) is 6.62. The molecule has 1 N–H and O–H groups in total. The zero-order valence-electron chi connectivity index (χ0n) is 10.2. The van der Waals surface area contributed by atoms with Crippen LogP contribution in [0.2, 0.25) is 5.02 Å². The lowest BCUT2D eigenvalue weighted by atomic mass is 10.0.